The highest BCUT2D eigenvalue weighted by molar-refractivity contribution is 5.94. The van der Waals surface area contributed by atoms with Gasteiger partial charge in [0.25, 0.3) is 5.91 Å². The van der Waals surface area contributed by atoms with Crippen LogP contribution < -0.4 is 5.32 Å². The third-order valence-electron chi connectivity index (χ3n) is 7.14. The van der Waals surface area contributed by atoms with Gasteiger partial charge in [-0.15, -0.1) is 5.10 Å². The van der Waals surface area contributed by atoms with E-state index in [2.05, 4.69) is 28.9 Å². The molecule has 0 aliphatic carbocycles. The summed E-state index contributed by atoms with van der Waals surface area (Å²) in [6, 6.07) is 7.22. The molecule has 0 bridgehead atoms. The maximum absolute atomic E-state index is 12.8. The van der Waals surface area contributed by atoms with Gasteiger partial charge in [0.1, 0.15) is 0 Å². The zero-order chi connectivity index (χ0) is 27.4. The lowest BCUT2D eigenvalue weighted by molar-refractivity contribution is -0.148. The van der Waals surface area contributed by atoms with Crippen LogP contribution in [-0.2, 0) is 11.8 Å². The first kappa shape index (κ1) is 27.4. The van der Waals surface area contributed by atoms with Crippen molar-refractivity contribution >= 4 is 29.0 Å². The van der Waals surface area contributed by atoms with E-state index in [1.807, 2.05) is 17.0 Å². The van der Waals surface area contributed by atoms with Crippen LogP contribution in [-0.4, -0.2) is 68.7 Å². The topological polar surface area (TPSA) is 83.4 Å². The molecule has 2 amide bonds. The zero-order valence-electron chi connectivity index (χ0n) is 21.7. The highest BCUT2D eigenvalue weighted by Gasteiger charge is 2.30. The van der Waals surface area contributed by atoms with Crippen molar-refractivity contribution in [2.45, 2.75) is 45.2 Å². The minimum absolute atomic E-state index is 0.0448. The summed E-state index contributed by atoms with van der Waals surface area (Å²) in [7, 11) is 1.75. The van der Waals surface area contributed by atoms with E-state index in [1.54, 1.807) is 29.9 Å². The number of aryl methyl sites for hydroxylation is 1. The molecule has 1 saturated heterocycles. The van der Waals surface area contributed by atoms with E-state index in [1.165, 1.54) is 4.90 Å². The molecule has 2 aliphatic rings. The van der Waals surface area contributed by atoms with E-state index >= 15 is 0 Å². The molecule has 0 saturated carbocycles. The summed E-state index contributed by atoms with van der Waals surface area (Å²) >= 11 is 0. The van der Waals surface area contributed by atoms with E-state index in [4.69, 9.17) is 0 Å². The van der Waals surface area contributed by atoms with Crippen LogP contribution in [0.25, 0.3) is 5.57 Å². The van der Waals surface area contributed by atoms with Crippen LogP contribution in [0.4, 0.5) is 24.8 Å². The SMILES string of the molecule is C=C(C1=CCN(C(=O)CCC(F)(F)F)CC1)c1nc(Nc2ccc(C(=O)N3CCC(CC)C3)cc2)nn1C. The van der Waals surface area contributed by atoms with Gasteiger partial charge in [-0.1, -0.05) is 26.0 Å². The first-order valence-electron chi connectivity index (χ1n) is 12.8. The predicted octanol–water partition coefficient (Wildman–Crippen LogP) is 4.95. The van der Waals surface area contributed by atoms with Crippen molar-refractivity contribution in [1.82, 2.24) is 24.6 Å². The second-order valence-corrected chi connectivity index (χ2v) is 9.81. The number of alkyl halides is 3. The van der Waals surface area contributed by atoms with Crippen molar-refractivity contribution in [3.8, 4) is 0 Å². The van der Waals surface area contributed by atoms with Crippen molar-refractivity contribution < 1.29 is 22.8 Å². The molecule has 2 aliphatic heterocycles. The number of benzene rings is 1. The third-order valence-corrected chi connectivity index (χ3v) is 7.14. The van der Waals surface area contributed by atoms with Crippen LogP contribution in [0.15, 0.2) is 42.5 Å². The average Bonchev–Trinajstić information content (AvgIpc) is 3.53. The summed E-state index contributed by atoms with van der Waals surface area (Å²) < 4.78 is 38.9. The van der Waals surface area contributed by atoms with Crippen LogP contribution in [0.1, 0.15) is 55.2 Å². The van der Waals surface area contributed by atoms with Crippen molar-refractivity contribution in [2.24, 2.45) is 13.0 Å². The van der Waals surface area contributed by atoms with Gasteiger partial charge in [0, 0.05) is 56.5 Å². The Kier molecular flexibility index (Phi) is 8.23. The second kappa shape index (κ2) is 11.4. The fourth-order valence-electron chi connectivity index (χ4n) is 4.78. The van der Waals surface area contributed by atoms with E-state index in [-0.39, 0.29) is 12.5 Å². The molecule has 1 aromatic carbocycles. The van der Waals surface area contributed by atoms with Gasteiger partial charge in [0.05, 0.1) is 6.42 Å². The molecule has 11 heteroatoms. The Morgan fingerprint density at radius 1 is 1.16 bits per heavy atom. The highest BCUT2D eigenvalue weighted by Crippen LogP contribution is 2.28. The normalized spacial score (nSPS) is 17.9. The van der Waals surface area contributed by atoms with E-state index in [9.17, 15) is 22.8 Å². The Hall–Kier alpha value is -3.63. The number of anilines is 2. The first-order chi connectivity index (χ1) is 18.0. The summed E-state index contributed by atoms with van der Waals surface area (Å²) in [5.74, 6) is 1.03. The molecule has 0 radical (unpaired) electrons. The molecule has 1 fully saturated rings. The minimum Gasteiger partial charge on any atom is -0.339 e. The van der Waals surface area contributed by atoms with Crippen LogP contribution in [0.3, 0.4) is 0 Å². The Morgan fingerprint density at radius 3 is 2.50 bits per heavy atom. The number of carbonyl (C=O) groups is 2. The lowest BCUT2D eigenvalue weighted by Gasteiger charge is -2.27. The van der Waals surface area contributed by atoms with Crippen molar-refractivity contribution in [3.05, 3.63) is 53.9 Å². The number of nitrogens with zero attached hydrogens (tertiary/aromatic N) is 5. The van der Waals surface area contributed by atoms with Gasteiger partial charge in [-0.2, -0.15) is 18.2 Å². The Labute approximate surface area is 220 Å². The molecular formula is C27H33F3N6O2. The molecule has 0 spiro atoms. The van der Waals surface area contributed by atoms with Gasteiger partial charge >= 0.3 is 6.18 Å². The Balaban J connectivity index is 1.34. The molecule has 4 rings (SSSR count). The molecule has 1 unspecified atom stereocenters. The number of hydrogen-bond acceptors (Lipinski definition) is 5. The summed E-state index contributed by atoms with van der Waals surface area (Å²) in [6.07, 6.45) is -1.59. The summed E-state index contributed by atoms with van der Waals surface area (Å²) in [4.78, 5) is 32.7. The van der Waals surface area contributed by atoms with E-state index in [0.29, 0.717) is 41.8 Å². The number of aromatic nitrogens is 3. The maximum atomic E-state index is 12.8. The number of amides is 2. The first-order valence-corrected chi connectivity index (χ1v) is 12.8. The smallest absolute Gasteiger partial charge is 0.339 e. The van der Waals surface area contributed by atoms with Gasteiger partial charge in [-0.25, -0.2) is 4.68 Å². The molecule has 1 aromatic heterocycles. The van der Waals surface area contributed by atoms with Crippen LogP contribution in [0.2, 0.25) is 0 Å². The van der Waals surface area contributed by atoms with Gasteiger partial charge in [0.15, 0.2) is 5.82 Å². The second-order valence-electron chi connectivity index (χ2n) is 9.81. The number of hydrogen-bond donors (Lipinski definition) is 1. The molecule has 3 heterocycles. The summed E-state index contributed by atoms with van der Waals surface area (Å²) in [5, 5.41) is 7.56. The summed E-state index contributed by atoms with van der Waals surface area (Å²) in [6.45, 7) is 8.45. The number of allylic oxidation sites excluding steroid dienone is 1. The lowest BCUT2D eigenvalue weighted by Crippen LogP contribution is -2.35. The number of halogens is 3. The minimum atomic E-state index is -4.34. The molecular weight excluding hydrogens is 497 g/mol. The van der Waals surface area contributed by atoms with Crippen molar-refractivity contribution in [1.29, 1.82) is 0 Å². The quantitative estimate of drug-likeness (QED) is 0.523. The molecule has 204 valence electrons. The Bertz CT molecular complexity index is 1220. The van der Waals surface area contributed by atoms with E-state index in [0.717, 1.165) is 37.2 Å². The monoisotopic (exact) mass is 530 g/mol. The van der Waals surface area contributed by atoms with Crippen molar-refractivity contribution in [2.75, 3.05) is 31.5 Å². The summed E-state index contributed by atoms with van der Waals surface area (Å²) in [5.41, 5.74) is 2.90. The number of likely N-dealkylation sites (tertiary alicyclic amines) is 1. The number of carbonyl (C=O) groups excluding carboxylic acids is 2. The van der Waals surface area contributed by atoms with Gasteiger partial charge in [0.2, 0.25) is 11.9 Å². The van der Waals surface area contributed by atoms with Crippen LogP contribution in [0, 0.1) is 5.92 Å². The van der Waals surface area contributed by atoms with Crippen molar-refractivity contribution in [3.63, 3.8) is 0 Å². The molecule has 1 atom stereocenters. The van der Waals surface area contributed by atoms with Crippen LogP contribution in [0.5, 0.6) is 0 Å². The van der Waals surface area contributed by atoms with Gasteiger partial charge in [-0.05, 0) is 48.6 Å². The Morgan fingerprint density at radius 2 is 1.89 bits per heavy atom. The number of nitrogens with one attached hydrogen (secondary N) is 1. The maximum Gasteiger partial charge on any atom is 0.389 e. The molecule has 8 nitrogen and oxygen atoms in total. The number of rotatable bonds is 8. The molecule has 1 N–H and O–H groups in total. The van der Waals surface area contributed by atoms with Crippen LogP contribution >= 0.6 is 0 Å². The van der Waals surface area contributed by atoms with Gasteiger partial charge < -0.3 is 15.1 Å². The standard InChI is InChI=1S/C27H33F3N6O2/c1-4-19-10-14-36(17-19)25(38)21-5-7-22(8-6-21)31-26-32-24(34(3)33-26)18(2)20-11-15-35(16-12-20)23(37)9-13-27(28,29)30/h5-8,11,19H,2,4,9-10,12-17H2,1,3H3,(H,31,33). The fraction of sp³-hybridized carbons (Fsp3) is 0.481. The zero-order valence-corrected chi connectivity index (χ0v) is 21.7. The molecule has 2 aromatic rings. The highest BCUT2D eigenvalue weighted by atomic mass is 19.4. The van der Waals surface area contributed by atoms with E-state index < -0.39 is 24.9 Å². The average molecular weight is 531 g/mol. The fourth-order valence-corrected chi connectivity index (χ4v) is 4.78. The third kappa shape index (κ3) is 6.62. The largest absolute Gasteiger partial charge is 0.389 e. The van der Waals surface area contributed by atoms with Gasteiger partial charge in [-0.3, -0.25) is 9.59 Å². The molecule has 38 heavy (non-hydrogen) atoms. The predicted molar refractivity (Wildman–Crippen MR) is 139 cm³/mol. The lowest BCUT2D eigenvalue weighted by atomic mass is 10.00.